The van der Waals surface area contributed by atoms with Crippen molar-refractivity contribution in [3.05, 3.63) is 0 Å². The van der Waals surface area contributed by atoms with Crippen LogP contribution in [0.4, 0.5) is 0 Å². The highest BCUT2D eigenvalue weighted by Crippen LogP contribution is 2.48. The summed E-state index contributed by atoms with van der Waals surface area (Å²) in [6.07, 6.45) is 0.912. The van der Waals surface area contributed by atoms with Crippen LogP contribution in [0.3, 0.4) is 0 Å². The van der Waals surface area contributed by atoms with Crippen LogP contribution in [0.2, 0.25) is 0 Å². The average molecular weight is 142 g/mol. The third kappa shape index (κ3) is 0.736. The van der Waals surface area contributed by atoms with Gasteiger partial charge in [0.25, 0.3) is 0 Å². The minimum atomic E-state index is -0.241. The Morgan fingerprint density at radius 1 is 1.70 bits per heavy atom. The van der Waals surface area contributed by atoms with Crippen molar-refractivity contribution < 1.29 is 14.3 Å². The topological polar surface area (TPSA) is 35.5 Å². The molecule has 0 aromatic heterocycles. The van der Waals surface area contributed by atoms with E-state index in [1.54, 1.807) is 0 Å². The molecule has 2 aliphatic rings. The average Bonchev–Trinajstić information content (AvgIpc) is 2.62. The Hall–Kier alpha value is -0.570. The number of hydrogen-bond donors (Lipinski definition) is 0. The number of fused-ring (bicyclic) bond motifs is 1. The second-order valence-corrected chi connectivity index (χ2v) is 2.94. The Labute approximate surface area is 59.3 Å². The lowest BCUT2D eigenvalue weighted by atomic mass is 10.2. The molecule has 1 heterocycles. The van der Waals surface area contributed by atoms with E-state index in [1.165, 1.54) is 7.11 Å². The minimum absolute atomic E-state index is 0.204. The van der Waals surface area contributed by atoms with E-state index in [9.17, 15) is 4.79 Å². The highest BCUT2D eigenvalue weighted by Gasteiger charge is 2.52. The number of esters is 1. The molecule has 2 rings (SSSR count). The normalized spacial score (nSPS) is 42.7. The van der Waals surface area contributed by atoms with E-state index in [-0.39, 0.29) is 12.1 Å². The number of hydrogen-bond acceptors (Lipinski definition) is 3. The Morgan fingerprint density at radius 3 is 2.90 bits per heavy atom. The zero-order chi connectivity index (χ0) is 7.14. The lowest BCUT2D eigenvalue weighted by molar-refractivity contribution is -0.152. The van der Waals surface area contributed by atoms with E-state index < -0.39 is 0 Å². The SMILES string of the molecule is COC(=O)C1OC[C@H]2C[C@@H]12. The van der Waals surface area contributed by atoms with Gasteiger partial charge in [-0.1, -0.05) is 0 Å². The zero-order valence-corrected chi connectivity index (χ0v) is 5.87. The quantitative estimate of drug-likeness (QED) is 0.490. The van der Waals surface area contributed by atoms with Crippen LogP contribution in [0, 0.1) is 11.8 Å². The molecule has 56 valence electrons. The van der Waals surface area contributed by atoms with E-state index in [0.717, 1.165) is 13.0 Å². The van der Waals surface area contributed by atoms with Crippen molar-refractivity contribution in [2.75, 3.05) is 13.7 Å². The minimum Gasteiger partial charge on any atom is -0.467 e. The number of carbonyl (C=O) groups is 1. The molecule has 2 fully saturated rings. The van der Waals surface area contributed by atoms with Crippen molar-refractivity contribution in [3.63, 3.8) is 0 Å². The highest BCUT2D eigenvalue weighted by atomic mass is 16.6. The Kier molecular flexibility index (Phi) is 1.20. The third-order valence-electron chi connectivity index (χ3n) is 2.29. The van der Waals surface area contributed by atoms with Crippen LogP contribution in [0.15, 0.2) is 0 Å². The van der Waals surface area contributed by atoms with Gasteiger partial charge in [-0.05, 0) is 12.3 Å². The first-order valence-electron chi connectivity index (χ1n) is 3.52. The van der Waals surface area contributed by atoms with Crippen molar-refractivity contribution >= 4 is 5.97 Å². The Balaban J connectivity index is 1.98. The summed E-state index contributed by atoms with van der Waals surface area (Å²) in [6.45, 7) is 0.754. The molecule has 1 aliphatic heterocycles. The third-order valence-corrected chi connectivity index (χ3v) is 2.29. The summed E-state index contributed by atoms with van der Waals surface area (Å²) in [7, 11) is 1.40. The molecule has 1 aliphatic carbocycles. The fraction of sp³-hybridized carbons (Fsp3) is 0.857. The molecule has 0 aromatic carbocycles. The molecule has 3 atom stereocenters. The van der Waals surface area contributed by atoms with Crippen LogP contribution in [0.1, 0.15) is 6.42 Å². The van der Waals surface area contributed by atoms with Crippen molar-refractivity contribution in [2.45, 2.75) is 12.5 Å². The van der Waals surface area contributed by atoms with E-state index >= 15 is 0 Å². The zero-order valence-electron chi connectivity index (χ0n) is 5.87. The molecule has 10 heavy (non-hydrogen) atoms. The summed E-state index contributed by atoms with van der Waals surface area (Å²) in [4.78, 5) is 10.9. The lowest BCUT2D eigenvalue weighted by Crippen LogP contribution is -2.24. The molecule has 1 unspecified atom stereocenters. The van der Waals surface area contributed by atoms with Gasteiger partial charge in [-0.3, -0.25) is 0 Å². The van der Waals surface area contributed by atoms with Crippen LogP contribution in [-0.4, -0.2) is 25.8 Å². The van der Waals surface area contributed by atoms with Gasteiger partial charge in [0, 0.05) is 5.92 Å². The van der Waals surface area contributed by atoms with Gasteiger partial charge in [0.1, 0.15) is 0 Å². The maximum Gasteiger partial charge on any atom is 0.335 e. The molecule has 0 radical (unpaired) electrons. The van der Waals surface area contributed by atoms with Gasteiger partial charge in [-0.2, -0.15) is 0 Å². The summed E-state index contributed by atoms with van der Waals surface area (Å²) < 4.78 is 9.76. The van der Waals surface area contributed by atoms with Crippen LogP contribution in [-0.2, 0) is 14.3 Å². The molecule has 0 amide bonds. The Morgan fingerprint density at radius 2 is 2.50 bits per heavy atom. The molecular formula is C7H10O3. The monoisotopic (exact) mass is 142 g/mol. The van der Waals surface area contributed by atoms with Crippen LogP contribution < -0.4 is 0 Å². The Bertz CT molecular complexity index is 166. The van der Waals surface area contributed by atoms with Crippen LogP contribution in [0.25, 0.3) is 0 Å². The first-order valence-corrected chi connectivity index (χ1v) is 3.52. The first kappa shape index (κ1) is 6.16. The van der Waals surface area contributed by atoms with Gasteiger partial charge >= 0.3 is 5.97 Å². The molecule has 0 aromatic rings. The van der Waals surface area contributed by atoms with E-state index in [2.05, 4.69) is 4.74 Å². The van der Waals surface area contributed by atoms with E-state index in [1.807, 2.05) is 0 Å². The molecule has 1 saturated heterocycles. The second-order valence-electron chi connectivity index (χ2n) is 2.94. The molecule has 0 N–H and O–H groups in total. The summed E-state index contributed by atoms with van der Waals surface area (Å²) in [6, 6.07) is 0. The van der Waals surface area contributed by atoms with Gasteiger partial charge in [0.2, 0.25) is 0 Å². The lowest BCUT2D eigenvalue weighted by Gasteiger charge is -2.07. The van der Waals surface area contributed by atoms with Crippen molar-refractivity contribution in [1.29, 1.82) is 0 Å². The largest absolute Gasteiger partial charge is 0.467 e. The predicted molar refractivity (Wildman–Crippen MR) is 33.4 cm³/mol. The van der Waals surface area contributed by atoms with Crippen LogP contribution in [0.5, 0.6) is 0 Å². The maximum absolute atomic E-state index is 10.9. The highest BCUT2D eigenvalue weighted by molar-refractivity contribution is 5.75. The standard InChI is InChI=1S/C7H10O3/c1-9-7(8)6-5-2-4(5)3-10-6/h4-6H,2-3H2,1H3/t4-,5-,6?/m1/s1. The fourth-order valence-electron chi connectivity index (χ4n) is 1.54. The fourth-order valence-corrected chi connectivity index (χ4v) is 1.54. The van der Waals surface area contributed by atoms with Gasteiger partial charge in [0.15, 0.2) is 6.10 Å². The van der Waals surface area contributed by atoms with E-state index in [0.29, 0.717) is 11.8 Å². The predicted octanol–water partition coefficient (Wildman–Crippen LogP) is 0.194. The smallest absolute Gasteiger partial charge is 0.335 e. The molecular weight excluding hydrogens is 132 g/mol. The number of ether oxygens (including phenoxy) is 2. The number of rotatable bonds is 1. The van der Waals surface area contributed by atoms with Gasteiger partial charge in [-0.25, -0.2) is 4.79 Å². The number of methoxy groups -OCH3 is 1. The van der Waals surface area contributed by atoms with Crippen LogP contribution >= 0.6 is 0 Å². The molecule has 0 bridgehead atoms. The summed E-state index contributed by atoms with van der Waals surface area (Å²) in [5, 5.41) is 0. The summed E-state index contributed by atoms with van der Waals surface area (Å²) in [5.41, 5.74) is 0. The maximum atomic E-state index is 10.9. The van der Waals surface area contributed by atoms with Crippen molar-refractivity contribution in [1.82, 2.24) is 0 Å². The van der Waals surface area contributed by atoms with Crippen molar-refractivity contribution in [2.24, 2.45) is 11.8 Å². The van der Waals surface area contributed by atoms with Gasteiger partial charge in [0.05, 0.1) is 13.7 Å². The first-order chi connectivity index (χ1) is 4.83. The molecule has 1 saturated carbocycles. The van der Waals surface area contributed by atoms with E-state index in [4.69, 9.17) is 4.74 Å². The molecule has 3 heteroatoms. The second kappa shape index (κ2) is 1.95. The number of carbonyl (C=O) groups excluding carboxylic acids is 1. The molecule has 3 nitrogen and oxygen atoms in total. The van der Waals surface area contributed by atoms with Gasteiger partial charge in [-0.15, -0.1) is 0 Å². The summed E-state index contributed by atoms with van der Waals surface area (Å²) in [5.74, 6) is 0.932. The summed E-state index contributed by atoms with van der Waals surface area (Å²) >= 11 is 0. The van der Waals surface area contributed by atoms with Crippen molar-refractivity contribution in [3.8, 4) is 0 Å². The van der Waals surface area contributed by atoms with Gasteiger partial charge < -0.3 is 9.47 Å². The molecule has 0 spiro atoms.